The molecule has 0 spiro atoms. The van der Waals surface area contributed by atoms with Gasteiger partial charge in [0.05, 0.1) is 5.67 Å². The second kappa shape index (κ2) is 10.5. The molecule has 0 aromatic heterocycles. The van der Waals surface area contributed by atoms with E-state index in [0.717, 1.165) is 11.1 Å². The van der Waals surface area contributed by atoms with Crippen molar-refractivity contribution >= 4 is 20.9 Å². The Morgan fingerprint density at radius 1 is 1.00 bits per heavy atom. The summed E-state index contributed by atoms with van der Waals surface area (Å²) in [5, 5.41) is 2.63. The zero-order chi connectivity index (χ0) is 22.2. The molecule has 0 aliphatic rings. The third-order valence-corrected chi connectivity index (χ3v) is 7.13. The summed E-state index contributed by atoms with van der Waals surface area (Å²) < 4.78 is 5.30. The average molecular weight is 429 g/mol. The SMILES string of the molecule is CC(C)(C)OC(=O)NC(Cc1ccccc1)[Si](O)(O)CC([C]=O)Cc1ccccc1. The number of alkyl carbamates (subject to hydrolysis) is 1. The van der Waals surface area contributed by atoms with Gasteiger partial charge in [0.15, 0.2) is 0 Å². The van der Waals surface area contributed by atoms with E-state index in [1.807, 2.05) is 66.9 Å². The summed E-state index contributed by atoms with van der Waals surface area (Å²) in [6, 6.07) is 18.5. The summed E-state index contributed by atoms with van der Waals surface area (Å²) in [6.45, 7) is 5.20. The van der Waals surface area contributed by atoms with E-state index in [2.05, 4.69) is 5.32 Å². The molecule has 0 saturated carbocycles. The number of amides is 1. The molecule has 0 saturated heterocycles. The van der Waals surface area contributed by atoms with E-state index in [-0.39, 0.29) is 12.5 Å². The minimum Gasteiger partial charge on any atom is -0.444 e. The highest BCUT2D eigenvalue weighted by molar-refractivity contribution is 6.66. The van der Waals surface area contributed by atoms with E-state index in [4.69, 9.17) is 4.74 Å². The largest absolute Gasteiger partial charge is 0.444 e. The van der Waals surface area contributed by atoms with Crippen molar-refractivity contribution in [2.75, 3.05) is 0 Å². The normalized spacial score (nSPS) is 13.9. The van der Waals surface area contributed by atoms with Crippen LogP contribution in [0.1, 0.15) is 31.9 Å². The van der Waals surface area contributed by atoms with Crippen LogP contribution in [0.3, 0.4) is 0 Å². The van der Waals surface area contributed by atoms with Crippen molar-refractivity contribution in [3.8, 4) is 0 Å². The Morgan fingerprint density at radius 3 is 1.97 bits per heavy atom. The molecule has 30 heavy (non-hydrogen) atoms. The number of ether oxygens (including phenoxy) is 1. The fraction of sp³-hybridized carbons (Fsp3) is 0.391. The van der Waals surface area contributed by atoms with Crippen molar-refractivity contribution in [2.45, 2.75) is 50.9 Å². The van der Waals surface area contributed by atoms with Gasteiger partial charge in [-0.3, -0.25) is 4.79 Å². The molecular formula is C23H30NO5Si. The van der Waals surface area contributed by atoms with Gasteiger partial charge in [-0.1, -0.05) is 60.7 Å². The molecule has 6 nitrogen and oxygen atoms in total. The third kappa shape index (κ3) is 8.10. The highest BCUT2D eigenvalue weighted by Crippen LogP contribution is 2.21. The maximum Gasteiger partial charge on any atom is 0.407 e. The molecule has 3 N–H and O–H groups in total. The standard InChI is InChI=1S/C23H30NO5Si/c1-23(2,3)29-22(26)24-21(15-19-12-8-5-9-13-19)30(27,28)17-20(16-25)14-18-10-6-4-7-11-18/h4-13,20-21,27-28H,14-15,17H2,1-3H3,(H,24,26). The van der Waals surface area contributed by atoms with E-state index < -0.39 is 31.8 Å². The van der Waals surface area contributed by atoms with Crippen LogP contribution in [0.5, 0.6) is 0 Å². The Bertz CT molecular complexity index is 805. The van der Waals surface area contributed by atoms with Crippen molar-refractivity contribution in [2.24, 2.45) is 5.92 Å². The Morgan fingerprint density at radius 2 is 1.50 bits per heavy atom. The lowest BCUT2D eigenvalue weighted by Gasteiger charge is -2.31. The highest BCUT2D eigenvalue weighted by atomic mass is 28.4. The van der Waals surface area contributed by atoms with Crippen molar-refractivity contribution in [1.29, 1.82) is 0 Å². The molecule has 0 aliphatic carbocycles. The summed E-state index contributed by atoms with van der Waals surface area (Å²) >= 11 is 0. The first-order valence-corrected chi connectivity index (χ1v) is 12.2. The van der Waals surface area contributed by atoms with Gasteiger partial charge in [0, 0.05) is 12.0 Å². The molecule has 1 amide bonds. The van der Waals surface area contributed by atoms with Gasteiger partial charge in [0.25, 0.3) is 0 Å². The number of carbonyl (C=O) groups is 1. The van der Waals surface area contributed by atoms with Gasteiger partial charge < -0.3 is 19.6 Å². The Labute approximate surface area is 179 Å². The van der Waals surface area contributed by atoms with Crippen LogP contribution in [0, 0.1) is 5.92 Å². The number of hydrogen-bond acceptors (Lipinski definition) is 5. The maximum absolute atomic E-state index is 12.3. The molecule has 2 rings (SSSR count). The molecule has 2 unspecified atom stereocenters. The second-order valence-electron chi connectivity index (χ2n) is 8.48. The molecule has 0 aliphatic heterocycles. The number of carbonyl (C=O) groups excluding carboxylic acids is 2. The summed E-state index contributed by atoms with van der Waals surface area (Å²) in [4.78, 5) is 45.9. The number of hydrogen-bond donors (Lipinski definition) is 3. The van der Waals surface area contributed by atoms with Crippen molar-refractivity contribution in [3.05, 3.63) is 71.8 Å². The first kappa shape index (κ1) is 23.8. The topological polar surface area (TPSA) is 95.9 Å². The zero-order valence-corrected chi connectivity index (χ0v) is 18.7. The van der Waals surface area contributed by atoms with Crippen LogP contribution in [-0.2, 0) is 22.4 Å². The van der Waals surface area contributed by atoms with Crippen LogP contribution >= 0.6 is 0 Å². The quantitative estimate of drug-likeness (QED) is 0.534. The lowest BCUT2D eigenvalue weighted by Crippen LogP contribution is -2.60. The molecule has 0 heterocycles. The second-order valence-corrected chi connectivity index (χ2v) is 11.3. The van der Waals surface area contributed by atoms with E-state index in [9.17, 15) is 19.2 Å². The van der Waals surface area contributed by atoms with Crippen LogP contribution in [0.15, 0.2) is 60.7 Å². The number of benzene rings is 2. The van der Waals surface area contributed by atoms with Crippen molar-refractivity contribution in [3.63, 3.8) is 0 Å². The molecule has 7 heteroatoms. The van der Waals surface area contributed by atoms with Gasteiger partial charge in [-0.15, -0.1) is 0 Å². The van der Waals surface area contributed by atoms with Crippen molar-refractivity contribution in [1.82, 2.24) is 5.32 Å². The predicted molar refractivity (Wildman–Crippen MR) is 118 cm³/mol. The van der Waals surface area contributed by atoms with Crippen LogP contribution in [-0.4, -0.2) is 41.8 Å². The van der Waals surface area contributed by atoms with Gasteiger partial charge in [-0.05, 0) is 44.7 Å². The number of rotatable bonds is 9. The highest BCUT2D eigenvalue weighted by Gasteiger charge is 2.43. The van der Waals surface area contributed by atoms with E-state index in [0.29, 0.717) is 6.42 Å². The van der Waals surface area contributed by atoms with E-state index in [1.165, 1.54) is 0 Å². The Hall–Kier alpha value is -2.48. The fourth-order valence-corrected chi connectivity index (χ4v) is 5.34. The van der Waals surface area contributed by atoms with Crippen LogP contribution in [0.2, 0.25) is 6.04 Å². The fourth-order valence-electron chi connectivity index (χ4n) is 3.19. The molecule has 2 aromatic carbocycles. The summed E-state index contributed by atoms with van der Waals surface area (Å²) in [6.07, 6.45) is 1.78. The third-order valence-electron chi connectivity index (χ3n) is 4.57. The molecular weight excluding hydrogens is 398 g/mol. The first-order valence-electron chi connectivity index (χ1n) is 9.99. The minimum absolute atomic E-state index is 0.140. The Kier molecular flexibility index (Phi) is 8.34. The molecule has 0 fully saturated rings. The van der Waals surface area contributed by atoms with Gasteiger partial charge in [0.2, 0.25) is 6.29 Å². The lowest BCUT2D eigenvalue weighted by molar-refractivity contribution is 0.0508. The smallest absolute Gasteiger partial charge is 0.407 e. The van der Waals surface area contributed by atoms with Gasteiger partial charge in [0.1, 0.15) is 5.60 Å². The van der Waals surface area contributed by atoms with Gasteiger partial charge in [-0.25, -0.2) is 4.79 Å². The number of nitrogens with one attached hydrogen (secondary N) is 1. The zero-order valence-electron chi connectivity index (χ0n) is 17.7. The lowest BCUT2D eigenvalue weighted by atomic mass is 10.0. The van der Waals surface area contributed by atoms with Gasteiger partial charge in [-0.2, -0.15) is 0 Å². The summed E-state index contributed by atoms with van der Waals surface area (Å²) in [5.41, 5.74) is 0.0908. The predicted octanol–water partition coefficient (Wildman–Crippen LogP) is 3.06. The summed E-state index contributed by atoms with van der Waals surface area (Å²) in [5.74, 6) is -0.687. The van der Waals surface area contributed by atoms with Gasteiger partial charge >= 0.3 is 14.7 Å². The van der Waals surface area contributed by atoms with Crippen LogP contribution in [0.4, 0.5) is 4.79 Å². The van der Waals surface area contributed by atoms with Crippen LogP contribution in [0.25, 0.3) is 0 Å². The summed E-state index contributed by atoms with van der Waals surface area (Å²) in [7, 11) is -4.07. The molecule has 1 radical (unpaired) electrons. The average Bonchev–Trinajstić information content (AvgIpc) is 2.67. The molecule has 0 bridgehead atoms. The van der Waals surface area contributed by atoms with E-state index >= 15 is 0 Å². The first-order chi connectivity index (χ1) is 14.1. The maximum atomic E-state index is 12.3. The molecule has 161 valence electrons. The van der Waals surface area contributed by atoms with Crippen molar-refractivity contribution < 1.29 is 23.9 Å². The molecule has 2 atom stereocenters. The minimum atomic E-state index is -4.07. The monoisotopic (exact) mass is 428 g/mol. The molecule has 2 aromatic rings. The van der Waals surface area contributed by atoms with Crippen LogP contribution < -0.4 is 5.32 Å². The van der Waals surface area contributed by atoms with E-state index in [1.54, 1.807) is 20.8 Å². The Balaban J connectivity index is 2.18.